The summed E-state index contributed by atoms with van der Waals surface area (Å²) in [6.07, 6.45) is 8.82. The molecule has 0 radical (unpaired) electrons. The third-order valence-corrected chi connectivity index (χ3v) is 4.99. The van der Waals surface area contributed by atoms with Crippen LogP contribution in [-0.4, -0.2) is 16.1 Å². The molecule has 2 aromatic rings. The number of thiazole rings is 1. The van der Waals surface area contributed by atoms with E-state index in [1.807, 2.05) is 19.9 Å². The second-order valence-corrected chi connectivity index (χ2v) is 7.61. The maximum Gasteiger partial charge on any atom is 0.327 e. The molecule has 1 heterocycles. The molecule has 1 aromatic carbocycles. The minimum atomic E-state index is -1.01. The van der Waals surface area contributed by atoms with Crippen molar-refractivity contribution in [3.63, 3.8) is 0 Å². The highest BCUT2D eigenvalue weighted by Crippen LogP contribution is 2.25. The fourth-order valence-corrected chi connectivity index (χ4v) is 3.68. The van der Waals surface area contributed by atoms with Gasteiger partial charge in [-0.2, -0.15) is 0 Å². The van der Waals surface area contributed by atoms with E-state index < -0.39 is 11.6 Å². The van der Waals surface area contributed by atoms with Crippen LogP contribution in [0, 0.1) is 12.3 Å². The van der Waals surface area contributed by atoms with E-state index in [2.05, 4.69) is 5.92 Å². The molecular weight excluding hydrogens is 358 g/mol. The zero-order valence-electron chi connectivity index (χ0n) is 14.5. The van der Waals surface area contributed by atoms with Crippen LogP contribution < -0.4 is 4.87 Å². The first-order valence-electron chi connectivity index (χ1n) is 7.86. The number of fused-ring (bicyclic) bond motifs is 1. The lowest BCUT2D eigenvalue weighted by Gasteiger charge is -2.23. The van der Waals surface area contributed by atoms with Crippen molar-refractivity contribution in [2.24, 2.45) is 0 Å². The van der Waals surface area contributed by atoms with Gasteiger partial charge in [0.1, 0.15) is 6.54 Å². The standard InChI is InChI=1S/C19H20ClNO3S/c1-5-19(4,11-7-8-13(2)3)24-16(22)12-21-17-14(20)9-6-10-15(17)25-18(21)23/h1,6,8-10H,7,11-12H2,2-4H3. The van der Waals surface area contributed by atoms with E-state index in [0.717, 1.165) is 16.0 Å². The lowest BCUT2D eigenvalue weighted by molar-refractivity contribution is -0.154. The normalized spacial score (nSPS) is 13.1. The number of nitrogens with zero attached hydrogens (tertiary/aromatic N) is 1. The molecule has 1 unspecified atom stereocenters. The van der Waals surface area contributed by atoms with Crippen LogP contribution in [0.5, 0.6) is 0 Å². The molecule has 6 heteroatoms. The van der Waals surface area contributed by atoms with Gasteiger partial charge < -0.3 is 4.74 Å². The first-order valence-corrected chi connectivity index (χ1v) is 9.06. The molecule has 0 spiro atoms. The van der Waals surface area contributed by atoms with Gasteiger partial charge in [-0.1, -0.05) is 46.6 Å². The number of carbonyl (C=O) groups excluding carboxylic acids is 1. The highest BCUT2D eigenvalue weighted by Gasteiger charge is 2.26. The fourth-order valence-electron chi connectivity index (χ4n) is 2.43. The number of benzene rings is 1. The second-order valence-electron chi connectivity index (χ2n) is 6.21. The molecule has 0 N–H and O–H groups in total. The summed E-state index contributed by atoms with van der Waals surface area (Å²) in [5, 5.41) is 0.423. The maximum atomic E-state index is 12.4. The van der Waals surface area contributed by atoms with Crippen molar-refractivity contribution in [1.82, 2.24) is 4.57 Å². The van der Waals surface area contributed by atoms with Gasteiger partial charge in [0.2, 0.25) is 0 Å². The Bertz CT molecular complexity index is 915. The van der Waals surface area contributed by atoms with E-state index >= 15 is 0 Å². The van der Waals surface area contributed by atoms with Crippen LogP contribution in [0.3, 0.4) is 0 Å². The molecule has 1 atom stereocenters. The molecule has 0 aliphatic heterocycles. The van der Waals surface area contributed by atoms with Crippen LogP contribution in [-0.2, 0) is 16.1 Å². The number of aromatic nitrogens is 1. The van der Waals surface area contributed by atoms with Gasteiger partial charge in [0, 0.05) is 6.42 Å². The van der Waals surface area contributed by atoms with Crippen molar-refractivity contribution in [2.45, 2.75) is 45.8 Å². The van der Waals surface area contributed by atoms with Crippen LogP contribution in [0.25, 0.3) is 10.2 Å². The summed E-state index contributed by atoms with van der Waals surface area (Å²) < 4.78 is 7.54. The molecule has 0 aliphatic rings. The third-order valence-electron chi connectivity index (χ3n) is 3.74. The summed E-state index contributed by atoms with van der Waals surface area (Å²) >= 11 is 7.22. The molecule has 132 valence electrons. The van der Waals surface area contributed by atoms with Crippen molar-refractivity contribution < 1.29 is 9.53 Å². The Kier molecular flexibility index (Phi) is 6.10. The quantitative estimate of drug-likeness (QED) is 0.426. The summed E-state index contributed by atoms with van der Waals surface area (Å²) in [6, 6.07) is 5.24. The molecule has 0 bridgehead atoms. The van der Waals surface area contributed by atoms with Gasteiger partial charge in [-0.3, -0.25) is 14.2 Å². The zero-order valence-corrected chi connectivity index (χ0v) is 16.0. The Labute approximate surface area is 156 Å². The van der Waals surface area contributed by atoms with Gasteiger partial charge in [-0.25, -0.2) is 0 Å². The predicted octanol–water partition coefficient (Wildman–Crippen LogP) is 4.40. The highest BCUT2D eigenvalue weighted by molar-refractivity contribution is 7.16. The van der Waals surface area contributed by atoms with Crippen LogP contribution in [0.15, 0.2) is 34.6 Å². The SMILES string of the molecule is C#CC(C)(CCC=C(C)C)OC(=O)Cn1c(=O)sc2cccc(Cl)c21. The van der Waals surface area contributed by atoms with Gasteiger partial charge in [-0.15, -0.1) is 6.42 Å². The molecule has 0 amide bonds. The Morgan fingerprint density at radius 3 is 2.84 bits per heavy atom. The van der Waals surface area contributed by atoms with Crippen molar-refractivity contribution in [1.29, 1.82) is 0 Å². The van der Waals surface area contributed by atoms with Gasteiger partial charge in [0.05, 0.1) is 15.2 Å². The third kappa shape index (κ3) is 4.75. The second kappa shape index (κ2) is 7.90. The molecule has 0 saturated heterocycles. The molecule has 4 nitrogen and oxygen atoms in total. The minimum Gasteiger partial charge on any atom is -0.445 e. The van der Waals surface area contributed by atoms with E-state index in [9.17, 15) is 9.59 Å². The Morgan fingerprint density at radius 1 is 1.48 bits per heavy atom. The minimum absolute atomic E-state index is 0.220. The van der Waals surface area contributed by atoms with Gasteiger partial charge in [0.15, 0.2) is 5.60 Å². The van der Waals surface area contributed by atoms with Crippen molar-refractivity contribution in [3.8, 4) is 12.3 Å². The van der Waals surface area contributed by atoms with E-state index in [4.69, 9.17) is 22.8 Å². The number of halogens is 1. The average molecular weight is 378 g/mol. The summed E-state index contributed by atoms with van der Waals surface area (Å²) in [4.78, 5) is 24.3. The Hall–Kier alpha value is -2.03. The number of rotatable bonds is 6. The van der Waals surface area contributed by atoms with Gasteiger partial charge >= 0.3 is 10.8 Å². The topological polar surface area (TPSA) is 48.3 Å². The molecule has 0 aliphatic carbocycles. The molecule has 2 rings (SSSR count). The summed E-state index contributed by atoms with van der Waals surface area (Å²) in [6.45, 7) is 5.47. The van der Waals surface area contributed by atoms with E-state index in [1.54, 1.807) is 25.1 Å². The lowest BCUT2D eigenvalue weighted by atomic mass is 10.00. The number of hydrogen-bond acceptors (Lipinski definition) is 4. The number of ether oxygens (including phenoxy) is 1. The largest absolute Gasteiger partial charge is 0.445 e. The first-order chi connectivity index (χ1) is 11.8. The molecular formula is C19H20ClNO3S. The van der Waals surface area contributed by atoms with E-state index in [0.29, 0.717) is 23.4 Å². The number of terminal acetylenes is 1. The lowest BCUT2D eigenvalue weighted by Crippen LogP contribution is -2.32. The maximum absolute atomic E-state index is 12.4. The van der Waals surface area contributed by atoms with Crippen LogP contribution in [0.1, 0.15) is 33.6 Å². The molecule has 0 fully saturated rings. The summed E-state index contributed by atoms with van der Waals surface area (Å²) in [5.41, 5.74) is 0.710. The smallest absolute Gasteiger partial charge is 0.327 e. The highest BCUT2D eigenvalue weighted by atomic mass is 35.5. The summed E-state index contributed by atoms with van der Waals surface area (Å²) in [7, 11) is 0. The van der Waals surface area contributed by atoms with Gasteiger partial charge in [0.25, 0.3) is 0 Å². The number of carbonyl (C=O) groups is 1. The van der Waals surface area contributed by atoms with Crippen LogP contribution >= 0.6 is 22.9 Å². The monoisotopic (exact) mass is 377 g/mol. The number of para-hydroxylation sites is 1. The number of hydrogen-bond donors (Lipinski definition) is 0. The number of esters is 1. The van der Waals surface area contributed by atoms with Crippen molar-refractivity contribution in [3.05, 3.63) is 44.5 Å². The van der Waals surface area contributed by atoms with E-state index in [1.165, 1.54) is 10.1 Å². The van der Waals surface area contributed by atoms with Crippen molar-refractivity contribution >= 4 is 39.1 Å². The molecule has 25 heavy (non-hydrogen) atoms. The van der Waals surface area contributed by atoms with E-state index in [-0.39, 0.29) is 11.4 Å². The first kappa shape index (κ1) is 19.3. The van der Waals surface area contributed by atoms with Crippen LogP contribution in [0.4, 0.5) is 0 Å². The summed E-state index contributed by atoms with van der Waals surface area (Å²) in [5.74, 6) is 1.99. The fraction of sp³-hybridized carbons (Fsp3) is 0.368. The van der Waals surface area contributed by atoms with Crippen LogP contribution in [0.2, 0.25) is 5.02 Å². The van der Waals surface area contributed by atoms with Crippen molar-refractivity contribution in [2.75, 3.05) is 0 Å². The average Bonchev–Trinajstić information content (AvgIpc) is 2.84. The Balaban J connectivity index is 2.17. The molecule has 1 aromatic heterocycles. The van der Waals surface area contributed by atoms with Gasteiger partial charge in [-0.05, 0) is 39.3 Å². The Morgan fingerprint density at radius 2 is 2.20 bits per heavy atom. The molecule has 0 saturated carbocycles. The number of allylic oxidation sites excluding steroid dienone is 2. The zero-order chi connectivity index (χ0) is 18.6. The predicted molar refractivity (Wildman–Crippen MR) is 103 cm³/mol.